The summed E-state index contributed by atoms with van der Waals surface area (Å²) >= 11 is 0. The molecule has 0 bridgehead atoms. The smallest absolute Gasteiger partial charge is 0.417 e. The molecule has 2 amide bonds. The number of carbonyl (C=O) groups is 2. The SMILES string of the molecule is CC(C1CCN(C(=O)OC(C)(C)C)CC1)C(CNC(=O)C(C)(C)Oc1ccc(C(F)(F)F)cn1)c1cccc(C#N)c1. The number of hydrogen-bond acceptors (Lipinski definition) is 6. The lowest BCUT2D eigenvalue weighted by molar-refractivity contribution is -0.138. The van der Waals surface area contributed by atoms with E-state index < -0.39 is 28.8 Å². The number of pyridine rings is 1. The highest BCUT2D eigenvalue weighted by Crippen LogP contribution is 2.36. The second-order valence-corrected chi connectivity index (χ2v) is 12.2. The number of nitrogens with zero attached hydrogens (tertiary/aromatic N) is 3. The van der Waals surface area contributed by atoms with Gasteiger partial charge in [-0.15, -0.1) is 0 Å². The first kappa shape index (κ1) is 32.7. The number of carbonyl (C=O) groups excluding carboxylic acids is 2. The van der Waals surface area contributed by atoms with Gasteiger partial charge in [0.05, 0.1) is 17.2 Å². The molecule has 1 aromatic carbocycles. The monoisotopic (exact) mass is 588 g/mol. The lowest BCUT2D eigenvalue weighted by Crippen LogP contribution is -2.48. The van der Waals surface area contributed by atoms with Gasteiger partial charge in [0.1, 0.15) is 5.60 Å². The number of nitrogens with one attached hydrogen (secondary N) is 1. The number of halogens is 3. The van der Waals surface area contributed by atoms with Gasteiger partial charge in [0.25, 0.3) is 5.91 Å². The van der Waals surface area contributed by atoms with Gasteiger partial charge in [0.2, 0.25) is 5.88 Å². The average Bonchev–Trinajstić information content (AvgIpc) is 2.91. The first-order valence-corrected chi connectivity index (χ1v) is 14.0. The third-order valence-corrected chi connectivity index (χ3v) is 7.47. The lowest BCUT2D eigenvalue weighted by Gasteiger charge is -2.38. The number of rotatable bonds is 8. The van der Waals surface area contributed by atoms with Crippen molar-refractivity contribution < 1.29 is 32.2 Å². The van der Waals surface area contributed by atoms with Crippen molar-refractivity contribution in [3.63, 3.8) is 0 Å². The number of piperidine rings is 1. The Kier molecular flexibility index (Phi) is 10.1. The van der Waals surface area contributed by atoms with Crippen molar-refractivity contribution in [1.29, 1.82) is 5.26 Å². The van der Waals surface area contributed by atoms with Gasteiger partial charge in [0.15, 0.2) is 5.60 Å². The van der Waals surface area contributed by atoms with E-state index in [1.165, 1.54) is 13.8 Å². The summed E-state index contributed by atoms with van der Waals surface area (Å²) in [6, 6.07) is 11.4. The molecule has 1 saturated heterocycles. The number of hydrogen-bond donors (Lipinski definition) is 1. The molecule has 228 valence electrons. The van der Waals surface area contributed by atoms with E-state index in [1.54, 1.807) is 11.0 Å². The first-order chi connectivity index (χ1) is 19.5. The quantitative estimate of drug-likeness (QED) is 0.388. The molecule has 1 aromatic heterocycles. The summed E-state index contributed by atoms with van der Waals surface area (Å²) in [5.41, 5.74) is -1.50. The average molecular weight is 589 g/mol. The van der Waals surface area contributed by atoms with Crippen LogP contribution in [0.4, 0.5) is 18.0 Å². The first-order valence-electron chi connectivity index (χ1n) is 14.0. The fourth-order valence-electron chi connectivity index (χ4n) is 5.04. The summed E-state index contributed by atoms with van der Waals surface area (Å²) in [4.78, 5) is 31.2. The molecule has 2 unspecified atom stereocenters. The minimum atomic E-state index is -4.53. The predicted octanol–water partition coefficient (Wildman–Crippen LogP) is 6.31. The van der Waals surface area contributed by atoms with Crippen molar-refractivity contribution in [3.8, 4) is 11.9 Å². The maximum atomic E-state index is 13.2. The van der Waals surface area contributed by atoms with Crippen LogP contribution in [0.25, 0.3) is 0 Å². The molecule has 1 aliphatic rings. The van der Waals surface area contributed by atoms with Crippen molar-refractivity contribution >= 4 is 12.0 Å². The molecule has 0 saturated carbocycles. The van der Waals surface area contributed by atoms with Crippen molar-refractivity contribution in [1.82, 2.24) is 15.2 Å². The van der Waals surface area contributed by atoms with Crippen LogP contribution in [0.5, 0.6) is 5.88 Å². The molecule has 1 N–H and O–H groups in total. The normalized spacial score (nSPS) is 16.2. The summed E-state index contributed by atoms with van der Waals surface area (Å²) < 4.78 is 49.8. The van der Waals surface area contributed by atoms with Crippen LogP contribution in [-0.4, -0.2) is 52.7 Å². The molecule has 3 rings (SSSR count). The van der Waals surface area contributed by atoms with Crippen molar-refractivity contribution in [2.24, 2.45) is 11.8 Å². The molecule has 11 heteroatoms. The summed E-state index contributed by atoms with van der Waals surface area (Å²) in [5.74, 6) is -0.387. The molecule has 8 nitrogen and oxygen atoms in total. The van der Waals surface area contributed by atoms with Crippen molar-refractivity contribution in [3.05, 3.63) is 59.3 Å². The number of benzene rings is 1. The van der Waals surface area contributed by atoms with Crippen LogP contribution in [0.2, 0.25) is 0 Å². The van der Waals surface area contributed by atoms with E-state index in [9.17, 15) is 28.0 Å². The molecule has 2 aromatic rings. The topological polar surface area (TPSA) is 105 Å². The van der Waals surface area contributed by atoms with Gasteiger partial charge >= 0.3 is 12.3 Å². The molecular weight excluding hydrogens is 549 g/mol. The minimum absolute atomic E-state index is 0.0839. The second kappa shape index (κ2) is 13.0. The Morgan fingerprint density at radius 1 is 1.12 bits per heavy atom. The van der Waals surface area contributed by atoms with E-state index in [2.05, 4.69) is 23.3 Å². The zero-order chi connectivity index (χ0) is 31.3. The van der Waals surface area contributed by atoms with E-state index in [-0.39, 0.29) is 36.3 Å². The van der Waals surface area contributed by atoms with Crippen LogP contribution in [0.1, 0.15) is 77.0 Å². The third kappa shape index (κ3) is 8.84. The Bertz CT molecular complexity index is 1270. The maximum Gasteiger partial charge on any atom is 0.417 e. The van der Waals surface area contributed by atoms with Crippen molar-refractivity contribution in [2.45, 2.75) is 77.7 Å². The summed E-state index contributed by atoms with van der Waals surface area (Å²) in [6.45, 7) is 12.0. The Morgan fingerprint density at radius 2 is 1.79 bits per heavy atom. The van der Waals surface area contributed by atoms with E-state index >= 15 is 0 Å². The van der Waals surface area contributed by atoms with Crippen LogP contribution in [0.15, 0.2) is 42.6 Å². The summed E-state index contributed by atoms with van der Waals surface area (Å²) in [5, 5.41) is 12.4. The molecule has 0 radical (unpaired) electrons. The van der Waals surface area contributed by atoms with Gasteiger partial charge in [-0.25, -0.2) is 9.78 Å². The Morgan fingerprint density at radius 3 is 2.33 bits per heavy atom. The van der Waals surface area contributed by atoms with Crippen LogP contribution < -0.4 is 10.1 Å². The molecule has 2 heterocycles. The number of ether oxygens (including phenoxy) is 2. The molecular formula is C31H39F3N4O4. The zero-order valence-corrected chi connectivity index (χ0v) is 24.9. The van der Waals surface area contributed by atoms with Gasteiger partial charge in [-0.05, 0) is 83.1 Å². The number of aromatic nitrogens is 1. The summed E-state index contributed by atoms with van der Waals surface area (Å²) in [6.07, 6.45) is -2.67. The predicted molar refractivity (Wildman–Crippen MR) is 151 cm³/mol. The number of amides is 2. The van der Waals surface area contributed by atoms with Gasteiger partial charge in [-0.2, -0.15) is 18.4 Å². The van der Waals surface area contributed by atoms with Crippen LogP contribution in [0, 0.1) is 23.2 Å². The largest absolute Gasteiger partial charge is 0.462 e. The standard InChI is InChI=1S/C31H39F3N4O4/c1-20(22-12-14-38(15-13-22)28(40)42-29(2,3)4)25(23-9-7-8-21(16-23)17-35)19-37-27(39)30(5,6)41-26-11-10-24(18-36-26)31(32,33)34/h7-11,16,18,20,22,25H,12-15,19H2,1-6H3,(H,37,39). The fourth-order valence-corrected chi connectivity index (χ4v) is 5.04. The Balaban J connectivity index is 1.71. The van der Waals surface area contributed by atoms with Crippen molar-refractivity contribution in [2.75, 3.05) is 19.6 Å². The van der Waals surface area contributed by atoms with E-state index in [4.69, 9.17) is 9.47 Å². The highest BCUT2D eigenvalue weighted by Gasteiger charge is 2.36. The maximum absolute atomic E-state index is 13.2. The Hall–Kier alpha value is -3.81. The zero-order valence-electron chi connectivity index (χ0n) is 24.9. The molecule has 0 spiro atoms. The molecule has 1 aliphatic heterocycles. The van der Waals surface area contributed by atoms with E-state index in [0.717, 1.165) is 30.5 Å². The highest BCUT2D eigenvalue weighted by atomic mass is 19.4. The summed E-state index contributed by atoms with van der Waals surface area (Å²) in [7, 11) is 0. The number of nitriles is 1. The van der Waals surface area contributed by atoms with Gasteiger partial charge in [0, 0.05) is 37.8 Å². The molecule has 42 heavy (non-hydrogen) atoms. The second-order valence-electron chi connectivity index (χ2n) is 12.2. The number of alkyl halides is 3. The van der Waals surface area contributed by atoms with Gasteiger partial charge in [-0.3, -0.25) is 4.79 Å². The third-order valence-electron chi connectivity index (χ3n) is 7.47. The van der Waals surface area contributed by atoms with E-state index in [1.807, 2.05) is 39.0 Å². The molecule has 0 aliphatic carbocycles. The fraction of sp³-hybridized carbons (Fsp3) is 0.548. The van der Waals surface area contributed by atoms with Crippen LogP contribution in [-0.2, 0) is 15.7 Å². The highest BCUT2D eigenvalue weighted by molar-refractivity contribution is 5.84. The lowest BCUT2D eigenvalue weighted by atomic mass is 9.75. The number of likely N-dealkylation sites (tertiary alicyclic amines) is 1. The molecule has 1 fully saturated rings. The van der Waals surface area contributed by atoms with Crippen LogP contribution >= 0.6 is 0 Å². The van der Waals surface area contributed by atoms with Crippen LogP contribution in [0.3, 0.4) is 0 Å². The minimum Gasteiger partial charge on any atom is -0.462 e. The van der Waals surface area contributed by atoms with Gasteiger partial charge < -0.3 is 19.7 Å². The van der Waals surface area contributed by atoms with Gasteiger partial charge in [-0.1, -0.05) is 19.1 Å². The van der Waals surface area contributed by atoms with E-state index in [0.29, 0.717) is 24.8 Å². The molecule has 2 atom stereocenters. The Labute approximate surface area is 245 Å².